The molecule has 90 valence electrons. The maximum Gasteiger partial charge on any atom is 0.165 e. The van der Waals surface area contributed by atoms with Crippen LogP contribution in [0.25, 0.3) is 0 Å². The Morgan fingerprint density at radius 2 is 2.18 bits per heavy atom. The number of halogens is 3. The second-order valence-corrected chi connectivity index (χ2v) is 5.66. The van der Waals surface area contributed by atoms with Gasteiger partial charge in [-0.3, -0.25) is 0 Å². The normalized spacial score (nSPS) is 12.5. The van der Waals surface area contributed by atoms with Gasteiger partial charge in [-0.1, -0.05) is 33.6 Å². The molecule has 0 saturated carbocycles. The van der Waals surface area contributed by atoms with Gasteiger partial charge in [0, 0.05) is 4.88 Å². The highest BCUT2D eigenvalue weighted by Gasteiger charge is 2.16. The zero-order chi connectivity index (χ0) is 12.4. The number of thiophene rings is 1. The number of alkyl halides is 1. The van der Waals surface area contributed by atoms with Crippen LogP contribution in [0.3, 0.4) is 0 Å². The molecule has 2 aromatic rings. The van der Waals surface area contributed by atoms with Crippen molar-refractivity contribution < 1.29 is 9.13 Å². The monoisotopic (exact) mass is 334 g/mol. The molecule has 17 heavy (non-hydrogen) atoms. The zero-order valence-electron chi connectivity index (χ0n) is 8.91. The van der Waals surface area contributed by atoms with E-state index < -0.39 is 0 Å². The van der Waals surface area contributed by atoms with E-state index in [2.05, 4.69) is 15.9 Å². The average molecular weight is 336 g/mol. The van der Waals surface area contributed by atoms with Crippen LogP contribution in [0.15, 0.2) is 29.6 Å². The number of hydrogen-bond acceptors (Lipinski definition) is 2. The predicted octanol–water partition coefficient (Wildman–Crippen LogP) is 5.03. The second-order valence-electron chi connectivity index (χ2n) is 3.39. The SMILES string of the molecule is COc1ccc(C(Br)c2sccc2Cl)cc1F. The third-order valence-electron chi connectivity index (χ3n) is 2.34. The van der Waals surface area contributed by atoms with Gasteiger partial charge in [0.05, 0.1) is 17.0 Å². The summed E-state index contributed by atoms with van der Waals surface area (Å²) < 4.78 is 18.5. The quantitative estimate of drug-likeness (QED) is 0.715. The molecule has 1 atom stereocenters. The highest BCUT2D eigenvalue weighted by Crippen LogP contribution is 2.39. The Balaban J connectivity index is 2.35. The summed E-state index contributed by atoms with van der Waals surface area (Å²) in [6.07, 6.45) is 0. The van der Waals surface area contributed by atoms with E-state index in [1.807, 2.05) is 17.5 Å². The molecule has 5 heteroatoms. The van der Waals surface area contributed by atoms with Crippen molar-refractivity contribution in [3.05, 3.63) is 50.9 Å². The maximum atomic E-state index is 13.6. The van der Waals surface area contributed by atoms with Crippen LogP contribution >= 0.6 is 38.9 Å². The first kappa shape index (κ1) is 12.9. The minimum absolute atomic E-state index is 0.101. The van der Waals surface area contributed by atoms with Gasteiger partial charge in [-0.05, 0) is 29.1 Å². The van der Waals surface area contributed by atoms with Crippen molar-refractivity contribution in [3.63, 3.8) is 0 Å². The summed E-state index contributed by atoms with van der Waals surface area (Å²) in [5.41, 5.74) is 0.813. The molecule has 0 saturated heterocycles. The van der Waals surface area contributed by atoms with Crippen LogP contribution in [-0.2, 0) is 0 Å². The van der Waals surface area contributed by atoms with Crippen LogP contribution in [0.4, 0.5) is 4.39 Å². The third kappa shape index (κ3) is 2.64. The molecule has 0 aliphatic rings. The number of rotatable bonds is 3. The lowest BCUT2D eigenvalue weighted by atomic mass is 10.1. The molecule has 1 aromatic heterocycles. The van der Waals surface area contributed by atoms with Crippen LogP contribution in [0.5, 0.6) is 5.75 Å². The third-order valence-corrected chi connectivity index (χ3v) is 5.06. The topological polar surface area (TPSA) is 9.23 Å². The number of ether oxygens (including phenoxy) is 1. The summed E-state index contributed by atoms with van der Waals surface area (Å²) in [6, 6.07) is 6.71. The van der Waals surface area contributed by atoms with Crippen LogP contribution in [0, 0.1) is 5.82 Å². The minimum Gasteiger partial charge on any atom is -0.494 e. The molecule has 0 radical (unpaired) electrons. The first-order chi connectivity index (χ1) is 8.13. The van der Waals surface area contributed by atoms with Gasteiger partial charge >= 0.3 is 0 Å². The highest BCUT2D eigenvalue weighted by atomic mass is 79.9. The molecular weight excluding hydrogens is 327 g/mol. The molecule has 0 aliphatic heterocycles. The summed E-state index contributed by atoms with van der Waals surface area (Å²) >= 11 is 11.1. The van der Waals surface area contributed by atoms with E-state index in [-0.39, 0.29) is 16.4 Å². The van der Waals surface area contributed by atoms with Gasteiger partial charge in [-0.25, -0.2) is 4.39 Å². The lowest BCUT2D eigenvalue weighted by molar-refractivity contribution is 0.386. The smallest absolute Gasteiger partial charge is 0.165 e. The van der Waals surface area contributed by atoms with Gasteiger partial charge in [-0.15, -0.1) is 11.3 Å². The van der Waals surface area contributed by atoms with E-state index in [9.17, 15) is 4.39 Å². The molecule has 0 bridgehead atoms. The second kappa shape index (κ2) is 5.38. The van der Waals surface area contributed by atoms with Crippen molar-refractivity contribution in [2.24, 2.45) is 0 Å². The van der Waals surface area contributed by atoms with Gasteiger partial charge in [-0.2, -0.15) is 0 Å². The maximum absolute atomic E-state index is 13.6. The van der Waals surface area contributed by atoms with Crippen LogP contribution < -0.4 is 4.74 Å². The lowest BCUT2D eigenvalue weighted by Gasteiger charge is -2.10. The summed E-state index contributed by atoms with van der Waals surface area (Å²) in [5, 5.41) is 2.60. The molecule has 1 unspecified atom stereocenters. The Morgan fingerprint density at radius 3 is 2.71 bits per heavy atom. The largest absolute Gasteiger partial charge is 0.494 e. The van der Waals surface area contributed by atoms with E-state index in [1.165, 1.54) is 24.5 Å². The average Bonchev–Trinajstić information content (AvgIpc) is 2.74. The fourth-order valence-corrected chi connectivity index (χ4v) is 3.63. The van der Waals surface area contributed by atoms with Crippen molar-refractivity contribution in [1.29, 1.82) is 0 Å². The lowest BCUT2D eigenvalue weighted by Crippen LogP contribution is -1.94. The summed E-state index contributed by atoms with van der Waals surface area (Å²) in [5.74, 6) is -0.132. The Hall–Kier alpha value is -0.580. The Labute approximate surface area is 116 Å². The van der Waals surface area contributed by atoms with Crippen LogP contribution in [0.2, 0.25) is 5.02 Å². The van der Waals surface area contributed by atoms with Gasteiger partial charge in [0.1, 0.15) is 0 Å². The van der Waals surface area contributed by atoms with E-state index in [1.54, 1.807) is 6.07 Å². The van der Waals surface area contributed by atoms with Crippen molar-refractivity contribution in [1.82, 2.24) is 0 Å². The fraction of sp³-hybridized carbons (Fsp3) is 0.167. The van der Waals surface area contributed by atoms with Gasteiger partial charge in [0.2, 0.25) is 0 Å². The molecule has 0 aliphatic carbocycles. The highest BCUT2D eigenvalue weighted by molar-refractivity contribution is 9.09. The number of hydrogen-bond donors (Lipinski definition) is 0. The van der Waals surface area contributed by atoms with E-state index >= 15 is 0 Å². The summed E-state index contributed by atoms with van der Waals surface area (Å²) in [4.78, 5) is 0.867. The van der Waals surface area contributed by atoms with Crippen molar-refractivity contribution in [2.45, 2.75) is 4.83 Å². The first-order valence-corrected chi connectivity index (χ1v) is 7.01. The molecule has 1 aromatic carbocycles. The molecule has 0 amide bonds. The molecular formula is C12H9BrClFOS. The van der Waals surface area contributed by atoms with Crippen molar-refractivity contribution in [2.75, 3.05) is 7.11 Å². The van der Waals surface area contributed by atoms with Crippen LogP contribution in [-0.4, -0.2) is 7.11 Å². The zero-order valence-corrected chi connectivity index (χ0v) is 12.1. The van der Waals surface area contributed by atoms with E-state index in [0.29, 0.717) is 5.02 Å². The Kier molecular flexibility index (Phi) is 4.07. The number of benzene rings is 1. The summed E-state index contributed by atoms with van der Waals surface area (Å²) in [7, 11) is 1.44. The summed E-state index contributed by atoms with van der Waals surface area (Å²) in [6.45, 7) is 0. The minimum atomic E-state index is -0.373. The molecule has 0 fully saturated rings. The van der Waals surface area contributed by atoms with Gasteiger partial charge < -0.3 is 4.74 Å². The van der Waals surface area contributed by atoms with Gasteiger partial charge in [0.15, 0.2) is 11.6 Å². The predicted molar refractivity (Wildman–Crippen MR) is 73.1 cm³/mol. The van der Waals surface area contributed by atoms with Crippen LogP contribution in [0.1, 0.15) is 15.3 Å². The standard InChI is InChI=1S/C12H9BrClFOS/c1-16-10-3-2-7(6-9(10)15)11(13)12-8(14)4-5-17-12/h2-6,11H,1H3. The Morgan fingerprint density at radius 1 is 1.41 bits per heavy atom. The van der Waals surface area contributed by atoms with Crippen molar-refractivity contribution >= 4 is 38.9 Å². The van der Waals surface area contributed by atoms with E-state index in [0.717, 1.165) is 10.4 Å². The molecule has 0 spiro atoms. The molecule has 1 nitrogen and oxygen atoms in total. The van der Waals surface area contributed by atoms with Gasteiger partial charge in [0.25, 0.3) is 0 Å². The van der Waals surface area contributed by atoms with Crippen molar-refractivity contribution in [3.8, 4) is 5.75 Å². The molecule has 0 N–H and O–H groups in total. The molecule has 1 heterocycles. The van der Waals surface area contributed by atoms with E-state index in [4.69, 9.17) is 16.3 Å². The molecule has 2 rings (SSSR count). The first-order valence-electron chi connectivity index (χ1n) is 4.84. The number of methoxy groups -OCH3 is 1. The fourth-order valence-electron chi connectivity index (χ4n) is 1.48. The Bertz CT molecular complexity index is 529.